The van der Waals surface area contributed by atoms with Crippen LogP contribution in [-0.2, 0) is 9.53 Å². The number of ether oxygens (including phenoxy) is 1. The van der Waals surface area contributed by atoms with Gasteiger partial charge in [-0.2, -0.15) is 0 Å². The monoisotopic (exact) mass is 294 g/mol. The number of hydrogen-bond donors (Lipinski definition) is 1. The highest BCUT2D eigenvalue weighted by Gasteiger charge is 2.23. The van der Waals surface area contributed by atoms with Gasteiger partial charge in [-0.1, -0.05) is 12.1 Å². The summed E-state index contributed by atoms with van der Waals surface area (Å²) < 4.78 is 19.6. The fraction of sp³-hybridized carbons (Fsp3) is 0.562. The van der Waals surface area contributed by atoms with E-state index in [1.807, 2.05) is 0 Å². The lowest BCUT2D eigenvalue weighted by atomic mass is 10.1. The minimum absolute atomic E-state index is 0.0431. The number of carbonyl (C=O) groups excluding carboxylic acids is 1. The van der Waals surface area contributed by atoms with E-state index < -0.39 is 0 Å². The Bertz CT molecular complexity index is 461. The molecule has 2 N–H and O–H groups in total. The molecule has 1 saturated heterocycles. The van der Waals surface area contributed by atoms with Gasteiger partial charge in [0, 0.05) is 13.2 Å². The highest BCUT2D eigenvalue weighted by Crippen LogP contribution is 2.22. The van der Waals surface area contributed by atoms with Gasteiger partial charge in [-0.25, -0.2) is 4.39 Å². The number of para-hydroxylation sites is 1. The summed E-state index contributed by atoms with van der Waals surface area (Å²) in [5.41, 5.74) is 5.85. The zero-order valence-electron chi connectivity index (χ0n) is 12.3. The second kappa shape index (κ2) is 8.10. The largest absolute Gasteiger partial charge is 0.378 e. The van der Waals surface area contributed by atoms with Gasteiger partial charge < -0.3 is 15.4 Å². The van der Waals surface area contributed by atoms with Crippen LogP contribution in [0.3, 0.4) is 0 Å². The Morgan fingerprint density at radius 1 is 1.38 bits per heavy atom. The molecule has 1 fully saturated rings. The summed E-state index contributed by atoms with van der Waals surface area (Å²) in [5, 5.41) is 0. The summed E-state index contributed by atoms with van der Waals surface area (Å²) in [6.45, 7) is 1.61. The van der Waals surface area contributed by atoms with Crippen molar-refractivity contribution in [2.45, 2.75) is 38.2 Å². The van der Waals surface area contributed by atoms with Crippen molar-refractivity contribution in [3.8, 4) is 0 Å². The van der Waals surface area contributed by atoms with E-state index in [1.54, 1.807) is 18.2 Å². The van der Waals surface area contributed by atoms with Crippen LogP contribution in [0.4, 0.5) is 10.1 Å². The molecule has 0 radical (unpaired) electrons. The molecule has 1 unspecified atom stereocenters. The summed E-state index contributed by atoms with van der Waals surface area (Å²) in [4.78, 5) is 14.0. The van der Waals surface area contributed by atoms with Crippen LogP contribution < -0.4 is 10.6 Å². The van der Waals surface area contributed by atoms with Crippen molar-refractivity contribution in [2.75, 3.05) is 24.6 Å². The Labute approximate surface area is 125 Å². The van der Waals surface area contributed by atoms with E-state index in [-0.39, 0.29) is 17.8 Å². The summed E-state index contributed by atoms with van der Waals surface area (Å²) >= 11 is 0. The van der Waals surface area contributed by atoms with E-state index in [9.17, 15) is 9.18 Å². The SMILES string of the molecule is NCCCN(C(=O)CC1CCCCO1)c1ccccc1F. The van der Waals surface area contributed by atoms with Crippen molar-refractivity contribution >= 4 is 11.6 Å². The van der Waals surface area contributed by atoms with Crippen molar-refractivity contribution in [1.29, 1.82) is 0 Å². The molecule has 0 bridgehead atoms. The Hall–Kier alpha value is -1.46. The molecule has 0 spiro atoms. The molecule has 1 amide bonds. The highest BCUT2D eigenvalue weighted by molar-refractivity contribution is 5.93. The molecule has 5 heteroatoms. The number of nitrogens with zero attached hydrogens (tertiary/aromatic N) is 1. The summed E-state index contributed by atoms with van der Waals surface area (Å²) in [6, 6.07) is 6.35. The zero-order valence-corrected chi connectivity index (χ0v) is 12.3. The van der Waals surface area contributed by atoms with Crippen LogP contribution in [-0.4, -0.2) is 31.7 Å². The van der Waals surface area contributed by atoms with Crippen LogP contribution in [0.25, 0.3) is 0 Å². The second-order valence-corrected chi connectivity index (χ2v) is 5.33. The van der Waals surface area contributed by atoms with Gasteiger partial charge in [0.1, 0.15) is 5.82 Å². The molecule has 1 aromatic carbocycles. The molecule has 116 valence electrons. The minimum Gasteiger partial charge on any atom is -0.378 e. The van der Waals surface area contributed by atoms with Crippen molar-refractivity contribution in [3.05, 3.63) is 30.1 Å². The van der Waals surface area contributed by atoms with Crippen LogP contribution in [0.2, 0.25) is 0 Å². The number of amides is 1. The average Bonchev–Trinajstić information content (AvgIpc) is 2.50. The van der Waals surface area contributed by atoms with Gasteiger partial charge >= 0.3 is 0 Å². The van der Waals surface area contributed by atoms with E-state index >= 15 is 0 Å². The predicted octanol–water partition coefficient (Wildman–Crippen LogP) is 2.47. The van der Waals surface area contributed by atoms with Crippen molar-refractivity contribution < 1.29 is 13.9 Å². The summed E-state index contributed by atoms with van der Waals surface area (Å²) in [5.74, 6) is -0.479. The maximum absolute atomic E-state index is 13.9. The van der Waals surface area contributed by atoms with Crippen LogP contribution in [0, 0.1) is 5.82 Å². The third-order valence-corrected chi connectivity index (χ3v) is 3.71. The number of carbonyl (C=O) groups is 1. The normalized spacial score (nSPS) is 18.5. The molecule has 0 aromatic heterocycles. The van der Waals surface area contributed by atoms with Gasteiger partial charge in [0.25, 0.3) is 0 Å². The molecule has 0 aliphatic carbocycles. The molecule has 1 aromatic rings. The molecule has 21 heavy (non-hydrogen) atoms. The lowest BCUT2D eigenvalue weighted by Gasteiger charge is -2.27. The third-order valence-electron chi connectivity index (χ3n) is 3.71. The van der Waals surface area contributed by atoms with Crippen molar-refractivity contribution in [2.24, 2.45) is 5.73 Å². The maximum Gasteiger partial charge on any atom is 0.229 e. The topological polar surface area (TPSA) is 55.6 Å². The van der Waals surface area contributed by atoms with Gasteiger partial charge in [-0.3, -0.25) is 4.79 Å². The fourth-order valence-corrected chi connectivity index (χ4v) is 2.57. The quantitative estimate of drug-likeness (QED) is 0.877. The maximum atomic E-state index is 13.9. The molecular formula is C16H23FN2O2. The van der Waals surface area contributed by atoms with Gasteiger partial charge in [0.15, 0.2) is 0 Å². The first kappa shape index (κ1) is 15.9. The number of benzene rings is 1. The third kappa shape index (κ3) is 4.51. The van der Waals surface area contributed by atoms with Crippen molar-refractivity contribution in [1.82, 2.24) is 0 Å². The predicted molar refractivity (Wildman–Crippen MR) is 80.6 cm³/mol. The first-order valence-electron chi connectivity index (χ1n) is 7.59. The molecule has 1 heterocycles. The number of nitrogens with two attached hydrogens (primary N) is 1. The number of rotatable bonds is 6. The van der Waals surface area contributed by atoms with E-state index in [0.717, 1.165) is 19.3 Å². The van der Waals surface area contributed by atoms with Gasteiger partial charge in [-0.15, -0.1) is 0 Å². The second-order valence-electron chi connectivity index (χ2n) is 5.33. The summed E-state index contributed by atoms with van der Waals surface area (Å²) in [6.07, 6.45) is 3.94. The van der Waals surface area contributed by atoms with Gasteiger partial charge in [0.2, 0.25) is 5.91 Å². The molecule has 2 rings (SSSR count). The number of halogens is 1. The Kier molecular flexibility index (Phi) is 6.14. The minimum atomic E-state index is -0.382. The van der Waals surface area contributed by atoms with Gasteiger partial charge in [-0.05, 0) is 44.4 Å². The lowest BCUT2D eigenvalue weighted by molar-refractivity contribution is -0.122. The van der Waals surface area contributed by atoms with Crippen LogP contribution >= 0.6 is 0 Å². The van der Waals surface area contributed by atoms with Crippen LogP contribution in [0.15, 0.2) is 24.3 Å². The smallest absolute Gasteiger partial charge is 0.229 e. The van der Waals surface area contributed by atoms with Gasteiger partial charge in [0.05, 0.1) is 18.2 Å². The van der Waals surface area contributed by atoms with E-state index in [0.29, 0.717) is 38.2 Å². The number of hydrogen-bond acceptors (Lipinski definition) is 3. The lowest BCUT2D eigenvalue weighted by Crippen LogP contribution is -2.37. The first-order valence-corrected chi connectivity index (χ1v) is 7.59. The van der Waals surface area contributed by atoms with Crippen LogP contribution in [0.1, 0.15) is 32.1 Å². The van der Waals surface area contributed by atoms with Crippen LogP contribution in [0.5, 0.6) is 0 Å². The Balaban J connectivity index is 2.07. The zero-order chi connectivity index (χ0) is 15.1. The standard InChI is InChI=1S/C16H23FN2O2/c17-14-7-1-2-8-15(14)19(10-5-9-18)16(20)12-13-6-3-4-11-21-13/h1-2,7-8,13H,3-6,9-12,18H2. The molecular weight excluding hydrogens is 271 g/mol. The molecule has 1 aliphatic heterocycles. The first-order chi connectivity index (χ1) is 10.2. The van der Waals surface area contributed by atoms with E-state index in [1.165, 1.54) is 11.0 Å². The fourth-order valence-electron chi connectivity index (χ4n) is 2.57. The molecule has 0 saturated carbocycles. The van der Waals surface area contributed by atoms with Crippen molar-refractivity contribution in [3.63, 3.8) is 0 Å². The molecule has 4 nitrogen and oxygen atoms in total. The number of anilines is 1. The Morgan fingerprint density at radius 2 is 2.19 bits per heavy atom. The highest BCUT2D eigenvalue weighted by atomic mass is 19.1. The summed E-state index contributed by atoms with van der Waals surface area (Å²) in [7, 11) is 0. The molecule has 1 atom stereocenters. The Morgan fingerprint density at radius 3 is 2.86 bits per heavy atom. The van der Waals surface area contributed by atoms with E-state index in [4.69, 9.17) is 10.5 Å². The van der Waals surface area contributed by atoms with E-state index in [2.05, 4.69) is 0 Å². The average molecular weight is 294 g/mol. The molecule has 1 aliphatic rings.